The monoisotopic (exact) mass is 457 g/mol. The molecule has 0 saturated carbocycles. The van der Waals surface area contributed by atoms with E-state index in [1.807, 2.05) is 12.1 Å². The zero-order chi connectivity index (χ0) is 23.4. The summed E-state index contributed by atoms with van der Waals surface area (Å²) in [6.45, 7) is 4.00. The Morgan fingerprint density at radius 3 is 2.61 bits per heavy atom. The number of nitrogens with one attached hydrogen (secondary N) is 2. The molecule has 33 heavy (non-hydrogen) atoms. The summed E-state index contributed by atoms with van der Waals surface area (Å²) in [5.74, 6) is 0.482. The highest BCUT2D eigenvalue weighted by molar-refractivity contribution is 5.92. The van der Waals surface area contributed by atoms with Gasteiger partial charge in [0.25, 0.3) is 0 Å². The van der Waals surface area contributed by atoms with Crippen molar-refractivity contribution in [3.63, 3.8) is 0 Å². The van der Waals surface area contributed by atoms with E-state index in [4.69, 9.17) is 0 Å². The number of rotatable bonds is 8. The molecule has 3 heterocycles. The summed E-state index contributed by atoms with van der Waals surface area (Å²) in [4.78, 5) is 25.5. The number of aldehydes is 1. The largest absolute Gasteiger partial charge is 0.369 e. The maximum atomic E-state index is 15.7. The highest BCUT2D eigenvalue weighted by atomic mass is 19.1. The molecule has 1 aromatic heterocycles. The Morgan fingerprint density at radius 1 is 1.24 bits per heavy atom. The van der Waals surface area contributed by atoms with E-state index in [1.165, 1.54) is 23.9 Å². The number of aryl methyl sites for hydroxylation is 1. The summed E-state index contributed by atoms with van der Waals surface area (Å²) < 4.78 is 17.3. The lowest BCUT2D eigenvalue weighted by Gasteiger charge is -2.36. The number of carbonyl (C=O) groups excluding carboxylic acids is 2. The smallest absolute Gasteiger partial charge is 0.228 e. The first-order valence-electron chi connectivity index (χ1n) is 12.3. The lowest BCUT2D eigenvalue weighted by atomic mass is 9.83. The van der Waals surface area contributed by atoms with Gasteiger partial charge in [-0.25, -0.2) is 4.39 Å². The second-order valence-electron chi connectivity index (χ2n) is 9.57. The quantitative estimate of drug-likeness (QED) is 0.596. The molecule has 180 valence electrons. The van der Waals surface area contributed by atoms with Crippen molar-refractivity contribution >= 4 is 28.8 Å². The Hall–Kier alpha value is -2.48. The van der Waals surface area contributed by atoms with E-state index in [-0.39, 0.29) is 18.1 Å². The first kappa shape index (κ1) is 23.7. The molecule has 2 N–H and O–H groups in total. The van der Waals surface area contributed by atoms with Crippen LogP contribution in [0.5, 0.6) is 0 Å². The number of carbonyl (C=O) groups is 2. The number of halogens is 1. The average Bonchev–Trinajstić information content (AvgIpc) is 3.17. The van der Waals surface area contributed by atoms with Gasteiger partial charge >= 0.3 is 0 Å². The molecule has 4 rings (SSSR count). The number of hydrogen-bond acceptors (Lipinski definition) is 5. The van der Waals surface area contributed by atoms with Gasteiger partial charge < -0.3 is 20.3 Å². The summed E-state index contributed by atoms with van der Waals surface area (Å²) in [7, 11) is 3.28. The SMILES string of the molecule is CNC(=O)C(CCC=O)c1nn(C)c2c(F)c(N3CCC(CC4CCNCC4)CC3)ccc12. The second kappa shape index (κ2) is 10.6. The van der Waals surface area contributed by atoms with E-state index in [0.717, 1.165) is 57.1 Å². The van der Waals surface area contributed by atoms with Crippen LogP contribution in [0.1, 0.15) is 56.6 Å². The maximum absolute atomic E-state index is 15.7. The molecule has 2 saturated heterocycles. The standard InChI is InChI=1S/C25H36FN5O2/c1-27-25(33)20(4-3-15-32)23-19-5-6-21(22(26)24(19)30(2)29-23)31-13-9-18(10-14-31)16-17-7-11-28-12-8-17/h5-6,15,17-18,20,28H,3-4,7-14,16H2,1-2H3,(H,27,33). The Bertz CT molecular complexity index is 977. The van der Waals surface area contributed by atoms with Crippen molar-refractivity contribution in [2.75, 3.05) is 38.1 Å². The Kier molecular flexibility index (Phi) is 7.63. The molecular formula is C25H36FN5O2. The number of nitrogens with zero attached hydrogens (tertiary/aromatic N) is 3. The molecule has 0 aliphatic carbocycles. The number of aromatic nitrogens is 2. The average molecular weight is 458 g/mol. The fraction of sp³-hybridized carbons (Fsp3) is 0.640. The number of benzene rings is 1. The maximum Gasteiger partial charge on any atom is 0.228 e. The topological polar surface area (TPSA) is 79.3 Å². The van der Waals surface area contributed by atoms with Crippen LogP contribution < -0.4 is 15.5 Å². The first-order chi connectivity index (χ1) is 16.0. The number of hydrogen-bond donors (Lipinski definition) is 2. The lowest BCUT2D eigenvalue weighted by Crippen LogP contribution is -2.36. The molecule has 1 atom stereocenters. The Morgan fingerprint density at radius 2 is 1.94 bits per heavy atom. The summed E-state index contributed by atoms with van der Waals surface area (Å²) in [6.07, 6.45) is 7.45. The number of anilines is 1. The molecule has 0 bridgehead atoms. The number of likely N-dealkylation sites (N-methyl/N-ethyl adjacent to an activating group) is 1. The fourth-order valence-electron chi connectivity index (χ4n) is 5.64. The Balaban J connectivity index is 1.52. The fourth-order valence-corrected chi connectivity index (χ4v) is 5.64. The molecule has 2 fully saturated rings. The van der Waals surface area contributed by atoms with Crippen LogP contribution in [0.3, 0.4) is 0 Å². The van der Waals surface area contributed by atoms with Gasteiger partial charge in [-0.1, -0.05) is 0 Å². The number of amides is 1. The zero-order valence-corrected chi connectivity index (χ0v) is 19.8. The van der Waals surface area contributed by atoms with Gasteiger partial charge in [0, 0.05) is 39.0 Å². The van der Waals surface area contributed by atoms with Crippen molar-refractivity contribution in [1.29, 1.82) is 0 Å². The van der Waals surface area contributed by atoms with E-state index in [9.17, 15) is 9.59 Å². The van der Waals surface area contributed by atoms with Gasteiger partial charge in [0.1, 0.15) is 11.8 Å². The summed E-state index contributed by atoms with van der Waals surface area (Å²) in [6, 6.07) is 3.71. The molecule has 0 radical (unpaired) electrons. The first-order valence-corrected chi connectivity index (χ1v) is 12.3. The van der Waals surface area contributed by atoms with Crippen molar-refractivity contribution in [2.45, 2.75) is 50.9 Å². The van der Waals surface area contributed by atoms with E-state index >= 15 is 4.39 Å². The van der Waals surface area contributed by atoms with Crippen LogP contribution in [0.15, 0.2) is 12.1 Å². The predicted molar refractivity (Wildman–Crippen MR) is 128 cm³/mol. The van der Waals surface area contributed by atoms with Gasteiger partial charge in [-0.15, -0.1) is 0 Å². The normalized spacial score (nSPS) is 19.1. The molecular weight excluding hydrogens is 421 g/mol. The zero-order valence-electron chi connectivity index (χ0n) is 19.8. The van der Waals surface area contributed by atoms with Crippen LogP contribution in [0.2, 0.25) is 0 Å². The van der Waals surface area contributed by atoms with Gasteiger partial charge in [0.2, 0.25) is 5.91 Å². The van der Waals surface area contributed by atoms with Gasteiger partial charge in [-0.2, -0.15) is 5.10 Å². The molecule has 0 spiro atoms. The van der Waals surface area contributed by atoms with E-state index in [1.54, 1.807) is 14.1 Å². The van der Waals surface area contributed by atoms with Crippen LogP contribution in [-0.4, -0.2) is 55.2 Å². The highest BCUT2D eigenvalue weighted by Crippen LogP contribution is 2.36. The van der Waals surface area contributed by atoms with E-state index in [2.05, 4.69) is 20.6 Å². The van der Waals surface area contributed by atoms with Gasteiger partial charge in [-0.05, 0) is 75.6 Å². The van der Waals surface area contributed by atoms with Crippen LogP contribution in [0.4, 0.5) is 10.1 Å². The molecule has 1 aromatic carbocycles. The molecule has 2 aliphatic rings. The predicted octanol–water partition coefficient (Wildman–Crippen LogP) is 3.13. The van der Waals surface area contributed by atoms with Crippen molar-refractivity contribution in [1.82, 2.24) is 20.4 Å². The minimum absolute atomic E-state index is 0.211. The molecule has 1 amide bonds. The third-order valence-corrected chi connectivity index (χ3v) is 7.50. The highest BCUT2D eigenvalue weighted by Gasteiger charge is 2.29. The molecule has 1 unspecified atom stereocenters. The van der Waals surface area contributed by atoms with Crippen LogP contribution in [-0.2, 0) is 16.6 Å². The lowest BCUT2D eigenvalue weighted by molar-refractivity contribution is -0.122. The van der Waals surface area contributed by atoms with E-state index in [0.29, 0.717) is 28.7 Å². The molecule has 2 aromatic rings. The second-order valence-corrected chi connectivity index (χ2v) is 9.57. The van der Waals surface area contributed by atoms with Crippen molar-refractivity contribution in [3.8, 4) is 0 Å². The summed E-state index contributed by atoms with van der Waals surface area (Å²) in [5.41, 5.74) is 1.56. The van der Waals surface area contributed by atoms with Crippen molar-refractivity contribution in [3.05, 3.63) is 23.6 Å². The minimum atomic E-state index is -0.583. The van der Waals surface area contributed by atoms with Crippen LogP contribution in [0.25, 0.3) is 10.9 Å². The van der Waals surface area contributed by atoms with Crippen LogP contribution >= 0.6 is 0 Å². The number of fused-ring (bicyclic) bond motifs is 1. The third kappa shape index (κ3) is 5.05. The molecule has 8 heteroatoms. The molecule has 2 aliphatic heterocycles. The van der Waals surface area contributed by atoms with Crippen molar-refractivity contribution < 1.29 is 14.0 Å². The van der Waals surface area contributed by atoms with E-state index < -0.39 is 5.92 Å². The van der Waals surface area contributed by atoms with Gasteiger partial charge in [0.15, 0.2) is 5.82 Å². The Labute approximate surface area is 195 Å². The van der Waals surface area contributed by atoms with Gasteiger partial charge in [0.05, 0.1) is 17.3 Å². The third-order valence-electron chi connectivity index (χ3n) is 7.50. The van der Waals surface area contributed by atoms with Gasteiger partial charge in [-0.3, -0.25) is 9.48 Å². The summed E-state index contributed by atoms with van der Waals surface area (Å²) >= 11 is 0. The molecule has 7 nitrogen and oxygen atoms in total. The van der Waals surface area contributed by atoms with Crippen molar-refractivity contribution in [2.24, 2.45) is 18.9 Å². The summed E-state index contributed by atoms with van der Waals surface area (Å²) in [5, 5.41) is 11.2. The van der Waals surface area contributed by atoms with Crippen LogP contribution in [0, 0.1) is 17.7 Å². The minimum Gasteiger partial charge on any atom is -0.369 e. The number of piperidine rings is 2.